The summed E-state index contributed by atoms with van der Waals surface area (Å²) in [7, 11) is 2.97. The minimum Gasteiger partial charge on any atom is -0.497 e. The van der Waals surface area contributed by atoms with Gasteiger partial charge in [0.15, 0.2) is 11.5 Å². The van der Waals surface area contributed by atoms with Crippen molar-refractivity contribution in [1.82, 2.24) is 5.32 Å². The molecule has 3 rings (SSSR count). The molecule has 2 aromatic rings. The zero-order valence-corrected chi connectivity index (χ0v) is 18.9. The molecule has 1 aliphatic rings. The summed E-state index contributed by atoms with van der Waals surface area (Å²) in [4.78, 5) is 38.7. The van der Waals surface area contributed by atoms with Crippen LogP contribution in [0.25, 0.3) is 6.08 Å². The van der Waals surface area contributed by atoms with Gasteiger partial charge in [-0.05, 0) is 61.4 Å². The maximum atomic E-state index is 13.1. The standard InChI is InChI=1S/C23H23ClN2O6/c1-5-13(2)32-20-18(24)11-14(12-19(20)31-4)10-17-21(27)25-23(29)26(22(17)28)15-6-8-16(30-3)9-7-15/h6-13H,5H2,1-4H3,(H,25,27,29)/b17-10+/t13-/m1/s1. The molecule has 0 unspecified atom stereocenters. The largest absolute Gasteiger partial charge is 0.497 e. The quantitative estimate of drug-likeness (QED) is 0.493. The Bertz CT molecular complexity index is 1080. The fraction of sp³-hybridized carbons (Fsp3) is 0.261. The van der Waals surface area contributed by atoms with E-state index in [1.54, 1.807) is 36.4 Å². The number of barbiturate groups is 1. The Hall–Kier alpha value is -3.52. The number of urea groups is 1. The highest BCUT2D eigenvalue weighted by molar-refractivity contribution is 6.39. The van der Waals surface area contributed by atoms with Crippen LogP contribution in [0.4, 0.5) is 10.5 Å². The van der Waals surface area contributed by atoms with Crippen LogP contribution < -0.4 is 24.4 Å². The van der Waals surface area contributed by atoms with Crippen molar-refractivity contribution in [2.24, 2.45) is 0 Å². The highest BCUT2D eigenvalue weighted by Gasteiger charge is 2.37. The molecule has 0 radical (unpaired) electrons. The number of nitrogens with zero attached hydrogens (tertiary/aromatic N) is 1. The van der Waals surface area contributed by atoms with Crippen molar-refractivity contribution in [1.29, 1.82) is 0 Å². The van der Waals surface area contributed by atoms with Gasteiger partial charge in [0, 0.05) is 0 Å². The molecule has 1 heterocycles. The molecule has 1 fully saturated rings. The Balaban J connectivity index is 1.99. The number of amides is 4. The number of carbonyl (C=O) groups is 3. The second-order valence-electron chi connectivity index (χ2n) is 7.03. The van der Waals surface area contributed by atoms with Crippen LogP contribution in [0.1, 0.15) is 25.8 Å². The van der Waals surface area contributed by atoms with Crippen molar-refractivity contribution in [2.75, 3.05) is 19.1 Å². The molecular weight excluding hydrogens is 436 g/mol. The van der Waals surface area contributed by atoms with Gasteiger partial charge in [-0.3, -0.25) is 14.9 Å². The maximum absolute atomic E-state index is 13.1. The molecule has 1 atom stereocenters. The zero-order valence-electron chi connectivity index (χ0n) is 18.1. The summed E-state index contributed by atoms with van der Waals surface area (Å²) >= 11 is 6.38. The van der Waals surface area contributed by atoms with Gasteiger partial charge >= 0.3 is 6.03 Å². The summed E-state index contributed by atoms with van der Waals surface area (Å²) in [6.07, 6.45) is 2.04. The average molecular weight is 459 g/mol. The Morgan fingerprint density at radius 1 is 1.09 bits per heavy atom. The summed E-state index contributed by atoms with van der Waals surface area (Å²) in [6.45, 7) is 3.88. The number of hydrogen-bond donors (Lipinski definition) is 1. The summed E-state index contributed by atoms with van der Waals surface area (Å²) in [5, 5.41) is 2.45. The van der Waals surface area contributed by atoms with Crippen LogP contribution in [0.15, 0.2) is 42.0 Å². The molecule has 168 valence electrons. The van der Waals surface area contributed by atoms with E-state index in [0.29, 0.717) is 28.5 Å². The molecule has 0 spiro atoms. The number of halogens is 1. The molecule has 0 bridgehead atoms. The minimum absolute atomic E-state index is 0.0830. The lowest BCUT2D eigenvalue weighted by molar-refractivity contribution is -0.122. The van der Waals surface area contributed by atoms with Crippen molar-refractivity contribution in [3.05, 3.63) is 52.6 Å². The predicted molar refractivity (Wildman–Crippen MR) is 120 cm³/mol. The number of rotatable bonds is 7. The van der Waals surface area contributed by atoms with Crippen LogP contribution in [0.5, 0.6) is 17.2 Å². The van der Waals surface area contributed by atoms with Crippen molar-refractivity contribution < 1.29 is 28.6 Å². The van der Waals surface area contributed by atoms with Crippen molar-refractivity contribution in [2.45, 2.75) is 26.4 Å². The van der Waals surface area contributed by atoms with E-state index in [0.717, 1.165) is 11.3 Å². The van der Waals surface area contributed by atoms with E-state index in [4.69, 9.17) is 25.8 Å². The summed E-state index contributed by atoms with van der Waals surface area (Å²) < 4.78 is 16.3. The lowest BCUT2D eigenvalue weighted by atomic mass is 10.1. The van der Waals surface area contributed by atoms with E-state index < -0.39 is 17.8 Å². The molecule has 0 aliphatic carbocycles. The number of nitrogens with one attached hydrogen (secondary N) is 1. The Morgan fingerprint density at radius 2 is 1.78 bits per heavy atom. The molecule has 2 aromatic carbocycles. The summed E-state index contributed by atoms with van der Waals surface area (Å²) in [5.41, 5.74) is 0.500. The second-order valence-corrected chi connectivity index (χ2v) is 7.43. The topological polar surface area (TPSA) is 94.2 Å². The number of ether oxygens (including phenoxy) is 3. The predicted octanol–water partition coefficient (Wildman–Crippen LogP) is 4.20. The number of carbonyl (C=O) groups excluding carboxylic acids is 3. The first-order chi connectivity index (χ1) is 15.3. The fourth-order valence-electron chi connectivity index (χ4n) is 3.01. The molecule has 8 nitrogen and oxygen atoms in total. The van der Waals surface area contributed by atoms with E-state index in [1.165, 1.54) is 20.3 Å². The van der Waals surface area contributed by atoms with Gasteiger partial charge in [-0.1, -0.05) is 18.5 Å². The lowest BCUT2D eigenvalue weighted by Crippen LogP contribution is -2.54. The molecule has 32 heavy (non-hydrogen) atoms. The van der Waals surface area contributed by atoms with Crippen LogP contribution in [-0.2, 0) is 9.59 Å². The van der Waals surface area contributed by atoms with E-state index in [1.807, 2.05) is 13.8 Å². The Morgan fingerprint density at radius 3 is 2.38 bits per heavy atom. The molecule has 9 heteroatoms. The van der Waals surface area contributed by atoms with Crippen LogP contribution in [0.3, 0.4) is 0 Å². The number of methoxy groups -OCH3 is 2. The van der Waals surface area contributed by atoms with Gasteiger partial charge in [-0.15, -0.1) is 0 Å². The van der Waals surface area contributed by atoms with Crippen LogP contribution >= 0.6 is 11.6 Å². The lowest BCUT2D eigenvalue weighted by Gasteiger charge is -2.26. The van der Waals surface area contributed by atoms with Gasteiger partial charge in [0.2, 0.25) is 0 Å². The van der Waals surface area contributed by atoms with E-state index in [2.05, 4.69) is 5.32 Å². The fourth-order valence-corrected chi connectivity index (χ4v) is 3.28. The van der Waals surface area contributed by atoms with E-state index in [-0.39, 0.29) is 16.7 Å². The first-order valence-corrected chi connectivity index (χ1v) is 10.3. The Kier molecular flexibility index (Phi) is 7.05. The number of benzene rings is 2. The minimum atomic E-state index is -0.838. The summed E-state index contributed by atoms with van der Waals surface area (Å²) in [6, 6.07) is 8.63. The Labute approximate surface area is 190 Å². The van der Waals surface area contributed by atoms with Gasteiger partial charge in [-0.25, -0.2) is 9.69 Å². The molecule has 4 amide bonds. The second kappa shape index (κ2) is 9.74. The monoisotopic (exact) mass is 458 g/mol. The van der Waals surface area contributed by atoms with Crippen LogP contribution in [0, 0.1) is 0 Å². The molecule has 1 aliphatic heterocycles. The molecular formula is C23H23ClN2O6. The third kappa shape index (κ3) is 4.70. The summed E-state index contributed by atoms with van der Waals surface area (Å²) in [5.74, 6) is -0.276. The number of anilines is 1. The maximum Gasteiger partial charge on any atom is 0.335 e. The van der Waals surface area contributed by atoms with Gasteiger partial charge in [0.05, 0.1) is 31.0 Å². The van der Waals surface area contributed by atoms with Gasteiger partial charge in [0.1, 0.15) is 11.3 Å². The molecule has 1 saturated heterocycles. The van der Waals surface area contributed by atoms with Gasteiger partial charge in [-0.2, -0.15) is 0 Å². The van der Waals surface area contributed by atoms with E-state index >= 15 is 0 Å². The van der Waals surface area contributed by atoms with Crippen molar-refractivity contribution >= 4 is 41.2 Å². The molecule has 0 aromatic heterocycles. The first-order valence-electron chi connectivity index (χ1n) is 9.88. The highest BCUT2D eigenvalue weighted by atomic mass is 35.5. The first kappa shape index (κ1) is 23.1. The zero-order chi connectivity index (χ0) is 23.4. The smallest absolute Gasteiger partial charge is 0.335 e. The molecule has 1 N–H and O–H groups in total. The van der Waals surface area contributed by atoms with Crippen molar-refractivity contribution in [3.63, 3.8) is 0 Å². The number of imide groups is 2. The highest BCUT2D eigenvalue weighted by Crippen LogP contribution is 2.38. The van der Waals surface area contributed by atoms with Crippen LogP contribution in [-0.4, -0.2) is 38.2 Å². The van der Waals surface area contributed by atoms with Gasteiger partial charge in [0.25, 0.3) is 11.8 Å². The third-order valence-electron chi connectivity index (χ3n) is 4.89. The number of hydrogen-bond acceptors (Lipinski definition) is 6. The molecule has 0 saturated carbocycles. The van der Waals surface area contributed by atoms with Crippen molar-refractivity contribution in [3.8, 4) is 17.2 Å². The van der Waals surface area contributed by atoms with Gasteiger partial charge < -0.3 is 14.2 Å². The SMILES string of the molecule is CC[C@@H](C)Oc1c(Cl)cc(/C=C2\C(=O)NC(=O)N(c3ccc(OC)cc3)C2=O)cc1OC. The average Bonchev–Trinajstić information content (AvgIpc) is 2.78. The normalized spacial score (nSPS) is 16.1. The van der Waals surface area contributed by atoms with Crippen LogP contribution in [0.2, 0.25) is 5.02 Å². The third-order valence-corrected chi connectivity index (χ3v) is 5.17. The van der Waals surface area contributed by atoms with E-state index in [9.17, 15) is 14.4 Å².